The highest BCUT2D eigenvalue weighted by Crippen LogP contribution is 2.08. The maximum Gasteiger partial charge on any atom is 0.0113 e. The van der Waals surface area contributed by atoms with Crippen LogP contribution in [0.1, 0.15) is 20.3 Å². The molecule has 18 heavy (non-hydrogen) atoms. The fourth-order valence-corrected chi connectivity index (χ4v) is 2.44. The Morgan fingerprint density at radius 2 is 1.83 bits per heavy atom. The van der Waals surface area contributed by atoms with Crippen molar-refractivity contribution in [2.24, 2.45) is 0 Å². The van der Waals surface area contributed by atoms with Crippen LogP contribution < -0.4 is 5.32 Å². The fraction of sp³-hybridized carbons (Fsp3) is 1.00. The number of hydrogen-bond donors (Lipinski definition) is 1. The molecule has 0 aromatic carbocycles. The standard InChI is InChI=1S/C14H32N4/c1-5-15-7-6-14(2)18-12-10-17(11-13-18)9-8-16(3)4/h14-15H,5-13H2,1-4H3. The van der Waals surface area contributed by atoms with Crippen molar-refractivity contribution in [3.63, 3.8) is 0 Å². The lowest BCUT2D eigenvalue weighted by molar-refractivity contribution is 0.0944. The predicted octanol–water partition coefficient (Wildman–Crippen LogP) is 0.554. The molecule has 1 N–H and O–H groups in total. The molecule has 0 aromatic rings. The maximum absolute atomic E-state index is 3.42. The number of hydrogen-bond acceptors (Lipinski definition) is 4. The molecule has 1 fully saturated rings. The average molecular weight is 256 g/mol. The summed E-state index contributed by atoms with van der Waals surface area (Å²) >= 11 is 0. The van der Waals surface area contributed by atoms with Gasteiger partial charge in [-0.15, -0.1) is 0 Å². The SMILES string of the molecule is CCNCCC(C)N1CCN(CCN(C)C)CC1. The van der Waals surface area contributed by atoms with E-state index in [1.807, 2.05) is 0 Å². The van der Waals surface area contributed by atoms with Gasteiger partial charge in [0.1, 0.15) is 0 Å². The zero-order valence-corrected chi connectivity index (χ0v) is 12.8. The minimum Gasteiger partial charge on any atom is -0.317 e. The van der Waals surface area contributed by atoms with Gasteiger partial charge in [0.05, 0.1) is 0 Å². The molecule has 0 spiro atoms. The van der Waals surface area contributed by atoms with Crippen LogP contribution in [0.15, 0.2) is 0 Å². The van der Waals surface area contributed by atoms with E-state index in [4.69, 9.17) is 0 Å². The first-order chi connectivity index (χ1) is 8.63. The zero-order valence-electron chi connectivity index (χ0n) is 12.8. The topological polar surface area (TPSA) is 21.8 Å². The van der Waals surface area contributed by atoms with E-state index in [9.17, 15) is 0 Å². The molecule has 1 aliphatic rings. The lowest BCUT2D eigenvalue weighted by Gasteiger charge is -2.38. The summed E-state index contributed by atoms with van der Waals surface area (Å²) in [4.78, 5) is 7.50. The zero-order chi connectivity index (χ0) is 13.4. The largest absolute Gasteiger partial charge is 0.317 e. The molecule has 0 aliphatic carbocycles. The molecule has 1 atom stereocenters. The van der Waals surface area contributed by atoms with Gasteiger partial charge in [0.25, 0.3) is 0 Å². The van der Waals surface area contributed by atoms with Crippen LogP contribution in [0.2, 0.25) is 0 Å². The number of piperazine rings is 1. The Balaban J connectivity index is 2.14. The second kappa shape index (κ2) is 8.86. The molecule has 0 saturated carbocycles. The third kappa shape index (κ3) is 6.14. The van der Waals surface area contributed by atoms with Crippen molar-refractivity contribution in [1.29, 1.82) is 0 Å². The number of nitrogens with one attached hydrogen (secondary N) is 1. The van der Waals surface area contributed by atoms with Gasteiger partial charge in [-0.05, 0) is 40.5 Å². The van der Waals surface area contributed by atoms with Gasteiger partial charge in [-0.3, -0.25) is 9.80 Å². The van der Waals surface area contributed by atoms with Crippen LogP contribution in [0.5, 0.6) is 0 Å². The molecular formula is C14H32N4. The van der Waals surface area contributed by atoms with Gasteiger partial charge in [-0.25, -0.2) is 0 Å². The molecule has 4 heteroatoms. The maximum atomic E-state index is 3.42. The summed E-state index contributed by atoms with van der Waals surface area (Å²) in [6.07, 6.45) is 1.27. The van der Waals surface area contributed by atoms with Crippen LogP contribution in [-0.2, 0) is 0 Å². The van der Waals surface area contributed by atoms with E-state index in [1.54, 1.807) is 0 Å². The van der Waals surface area contributed by atoms with Crippen LogP contribution in [-0.4, -0.2) is 87.2 Å². The molecule has 0 aromatic heterocycles. The van der Waals surface area contributed by atoms with Gasteiger partial charge in [0, 0.05) is 45.3 Å². The van der Waals surface area contributed by atoms with E-state index in [0.29, 0.717) is 0 Å². The average Bonchev–Trinajstić information content (AvgIpc) is 2.37. The van der Waals surface area contributed by atoms with E-state index in [2.05, 4.69) is 48.0 Å². The third-order valence-electron chi connectivity index (χ3n) is 3.88. The minimum atomic E-state index is 0.722. The smallest absolute Gasteiger partial charge is 0.0113 e. The van der Waals surface area contributed by atoms with Gasteiger partial charge in [-0.2, -0.15) is 0 Å². The van der Waals surface area contributed by atoms with E-state index in [-0.39, 0.29) is 0 Å². The monoisotopic (exact) mass is 256 g/mol. The Hall–Kier alpha value is -0.160. The normalized spacial score (nSPS) is 20.5. The van der Waals surface area contributed by atoms with Crippen LogP contribution in [0, 0.1) is 0 Å². The molecule has 0 bridgehead atoms. The molecule has 1 aliphatic heterocycles. The van der Waals surface area contributed by atoms with E-state index < -0.39 is 0 Å². The van der Waals surface area contributed by atoms with Gasteiger partial charge >= 0.3 is 0 Å². The summed E-state index contributed by atoms with van der Waals surface area (Å²) in [5.74, 6) is 0. The molecule has 1 saturated heterocycles. The Morgan fingerprint density at radius 3 is 2.39 bits per heavy atom. The molecule has 0 amide bonds. The summed E-state index contributed by atoms with van der Waals surface area (Å²) in [6, 6.07) is 0.722. The summed E-state index contributed by atoms with van der Waals surface area (Å²) in [6.45, 7) is 14.1. The van der Waals surface area contributed by atoms with Crippen LogP contribution >= 0.6 is 0 Å². The first-order valence-corrected chi connectivity index (χ1v) is 7.45. The van der Waals surface area contributed by atoms with Gasteiger partial charge in [-0.1, -0.05) is 6.92 Å². The molecule has 1 unspecified atom stereocenters. The summed E-state index contributed by atoms with van der Waals surface area (Å²) in [5.41, 5.74) is 0. The lowest BCUT2D eigenvalue weighted by atomic mass is 10.1. The van der Waals surface area contributed by atoms with Gasteiger partial charge < -0.3 is 10.2 Å². The fourth-order valence-electron chi connectivity index (χ4n) is 2.44. The second-order valence-electron chi connectivity index (χ2n) is 5.67. The lowest BCUT2D eigenvalue weighted by Crippen LogP contribution is -2.51. The summed E-state index contributed by atoms with van der Waals surface area (Å²) in [5, 5.41) is 3.42. The van der Waals surface area contributed by atoms with Gasteiger partial charge in [0.15, 0.2) is 0 Å². The Labute approximate surface area is 113 Å². The highest BCUT2D eigenvalue weighted by Gasteiger charge is 2.20. The highest BCUT2D eigenvalue weighted by atomic mass is 15.3. The van der Waals surface area contributed by atoms with Crippen LogP contribution in [0.25, 0.3) is 0 Å². The van der Waals surface area contributed by atoms with Gasteiger partial charge in [0.2, 0.25) is 0 Å². The Kier molecular flexibility index (Phi) is 7.82. The molecule has 4 nitrogen and oxygen atoms in total. The van der Waals surface area contributed by atoms with Crippen molar-refractivity contribution in [1.82, 2.24) is 20.0 Å². The number of nitrogens with zero attached hydrogens (tertiary/aromatic N) is 3. The van der Waals surface area contributed by atoms with Crippen molar-refractivity contribution < 1.29 is 0 Å². The van der Waals surface area contributed by atoms with Crippen molar-refractivity contribution >= 4 is 0 Å². The summed E-state index contributed by atoms with van der Waals surface area (Å²) in [7, 11) is 4.30. The Morgan fingerprint density at radius 1 is 1.17 bits per heavy atom. The minimum absolute atomic E-state index is 0.722. The quantitative estimate of drug-likeness (QED) is 0.640. The highest BCUT2D eigenvalue weighted by molar-refractivity contribution is 4.77. The predicted molar refractivity (Wildman–Crippen MR) is 79.2 cm³/mol. The molecule has 1 heterocycles. The first-order valence-electron chi connectivity index (χ1n) is 7.45. The van der Waals surface area contributed by atoms with Crippen LogP contribution in [0.4, 0.5) is 0 Å². The number of likely N-dealkylation sites (N-methyl/N-ethyl adjacent to an activating group) is 1. The van der Waals surface area contributed by atoms with E-state index >= 15 is 0 Å². The molecule has 1 rings (SSSR count). The first kappa shape index (κ1) is 15.9. The van der Waals surface area contributed by atoms with Crippen LogP contribution in [0.3, 0.4) is 0 Å². The van der Waals surface area contributed by atoms with Crippen molar-refractivity contribution in [2.75, 3.05) is 66.5 Å². The van der Waals surface area contributed by atoms with E-state index in [1.165, 1.54) is 45.7 Å². The van der Waals surface area contributed by atoms with Crippen molar-refractivity contribution in [3.8, 4) is 0 Å². The molecular weight excluding hydrogens is 224 g/mol. The Bertz CT molecular complexity index is 200. The van der Waals surface area contributed by atoms with E-state index in [0.717, 1.165) is 19.1 Å². The second-order valence-corrected chi connectivity index (χ2v) is 5.67. The number of rotatable bonds is 8. The third-order valence-corrected chi connectivity index (χ3v) is 3.88. The molecule has 0 radical (unpaired) electrons. The summed E-state index contributed by atoms with van der Waals surface area (Å²) < 4.78 is 0. The molecule has 108 valence electrons. The van der Waals surface area contributed by atoms with Crippen molar-refractivity contribution in [2.45, 2.75) is 26.3 Å². The van der Waals surface area contributed by atoms with Crippen molar-refractivity contribution in [3.05, 3.63) is 0 Å².